The number of hydrogen-bond donors (Lipinski definition) is 0. The highest BCUT2D eigenvalue weighted by molar-refractivity contribution is 5.81. The average Bonchev–Trinajstić information content (AvgIpc) is 2.35. The molecule has 0 radical (unpaired) electrons. The largest absolute Gasteiger partial charge is 0.452 e. The fourth-order valence-corrected chi connectivity index (χ4v) is 1.66. The molecule has 2 aromatic rings. The average molecular weight is 227 g/mol. The summed E-state index contributed by atoms with van der Waals surface area (Å²) in [5, 5.41) is 2.12. The number of benzene rings is 1. The summed E-state index contributed by atoms with van der Waals surface area (Å²) in [7, 11) is 0. The zero-order chi connectivity index (χ0) is 12.3. The van der Waals surface area contributed by atoms with E-state index in [1.165, 1.54) is 6.92 Å². The van der Waals surface area contributed by atoms with E-state index in [0.717, 1.165) is 10.8 Å². The number of aromatic nitrogens is 1. The Morgan fingerprint density at radius 1 is 1.41 bits per heavy atom. The maximum atomic E-state index is 11.0. The topological polar surface area (TPSA) is 39.2 Å². The van der Waals surface area contributed by atoms with Crippen LogP contribution in [0.15, 0.2) is 49.2 Å². The summed E-state index contributed by atoms with van der Waals surface area (Å²) in [6.07, 6.45) is 2.85. The van der Waals surface area contributed by atoms with Crippen molar-refractivity contribution in [1.82, 2.24) is 4.98 Å². The number of carbonyl (C=O) groups is 1. The number of pyridine rings is 1. The number of esters is 1. The Hall–Kier alpha value is -2.16. The van der Waals surface area contributed by atoms with Gasteiger partial charge in [0.1, 0.15) is 0 Å². The lowest BCUT2D eigenvalue weighted by Gasteiger charge is -2.12. The van der Waals surface area contributed by atoms with Crippen LogP contribution < -0.4 is 0 Å². The summed E-state index contributed by atoms with van der Waals surface area (Å²) in [4.78, 5) is 15.2. The second kappa shape index (κ2) is 4.78. The molecule has 0 aliphatic rings. The van der Waals surface area contributed by atoms with Gasteiger partial charge in [0.15, 0.2) is 6.10 Å². The second-order valence-electron chi connectivity index (χ2n) is 3.72. The van der Waals surface area contributed by atoms with Crippen LogP contribution in [0.4, 0.5) is 0 Å². The second-order valence-corrected chi connectivity index (χ2v) is 3.72. The van der Waals surface area contributed by atoms with Crippen LogP contribution in [0, 0.1) is 0 Å². The van der Waals surface area contributed by atoms with Gasteiger partial charge in [0.05, 0.1) is 5.69 Å². The fourth-order valence-electron chi connectivity index (χ4n) is 1.66. The minimum absolute atomic E-state index is 0.343. The van der Waals surface area contributed by atoms with Crippen LogP contribution in [0.5, 0.6) is 0 Å². The first-order chi connectivity index (χ1) is 8.20. The van der Waals surface area contributed by atoms with E-state index in [9.17, 15) is 4.79 Å². The molecule has 3 nitrogen and oxygen atoms in total. The number of ether oxygens (including phenoxy) is 1. The third kappa shape index (κ3) is 2.50. The lowest BCUT2D eigenvalue weighted by atomic mass is 10.1. The normalized spacial score (nSPS) is 12.1. The Bertz CT molecular complexity index is 563. The molecule has 1 atom stereocenters. The van der Waals surface area contributed by atoms with Gasteiger partial charge in [-0.25, -0.2) is 0 Å². The number of hydrogen-bond acceptors (Lipinski definition) is 3. The number of rotatable bonds is 3. The predicted molar refractivity (Wildman–Crippen MR) is 66.4 cm³/mol. The molecule has 0 aliphatic heterocycles. The van der Waals surface area contributed by atoms with Gasteiger partial charge in [-0.3, -0.25) is 9.78 Å². The molecular formula is C14H13NO2. The highest BCUT2D eigenvalue weighted by Crippen LogP contribution is 2.21. The van der Waals surface area contributed by atoms with Crippen molar-refractivity contribution < 1.29 is 9.53 Å². The summed E-state index contributed by atoms with van der Waals surface area (Å²) in [5.41, 5.74) is 0.689. The molecule has 1 aromatic carbocycles. The van der Waals surface area contributed by atoms with Crippen molar-refractivity contribution in [3.8, 4) is 0 Å². The van der Waals surface area contributed by atoms with E-state index in [4.69, 9.17) is 4.74 Å². The molecule has 0 N–H and O–H groups in total. The lowest BCUT2D eigenvalue weighted by molar-refractivity contribution is -0.144. The van der Waals surface area contributed by atoms with Crippen molar-refractivity contribution in [1.29, 1.82) is 0 Å². The van der Waals surface area contributed by atoms with E-state index in [-0.39, 0.29) is 5.97 Å². The van der Waals surface area contributed by atoms with E-state index in [0.29, 0.717) is 5.69 Å². The van der Waals surface area contributed by atoms with E-state index < -0.39 is 6.10 Å². The van der Waals surface area contributed by atoms with Gasteiger partial charge in [0.25, 0.3) is 0 Å². The molecule has 17 heavy (non-hydrogen) atoms. The molecule has 86 valence electrons. The van der Waals surface area contributed by atoms with Crippen molar-refractivity contribution in [2.45, 2.75) is 13.0 Å². The van der Waals surface area contributed by atoms with Crippen LogP contribution in [-0.4, -0.2) is 11.0 Å². The van der Waals surface area contributed by atoms with Crippen LogP contribution >= 0.6 is 0 Å². The summed E-state index contributed by atoms with van der Waals surface area (Å²) in [6, 6.07) is 9.81. The van der Waals surface area contributed by atoms with Gasteiger partial charge in [-0.2, -0.15) is 0 Å². The molecule has 0 bridgehead atoms. The van der Waals surface area contributed by atoms with Gasteiger partial charge < -0.3 is 4.74 Å². The molecule has 0 unspecified atom stereocenters. The molecule has 1 heterocycles. The zero-order valence-corrected chi connectivity index (χ0v) is 9.59. The number of nitrogens with zero attached hydrogens (tertiary/aromatic N) is 1. The van der Waals surface area contributed by atoms with E-state index in [2.05, 4.69) is 11.6 Å². The Balaban J connectivity index is 2.40. The van der Waals surface area contributed by atoms with E-state index >= 15 is 0 Å². The van der Waals surface area contributed by atoms with Gasteiger partial charge in [0.2, 0.25) is 0 Å². The smallest absolute Gasteiger partial charge is 0.303 e. The molecule has 0 saturated heterocycles. The Morgan fingerprint density at radius 2 is 2.12 bits per heavy atom. The predicted octanol–water partition coefficient (Wildman–Crippen LogP) is 3.03. The molecule has 0 spiro atoms. The van der Waals surface area contributed by atoms with E-state index in [1.807, 2.05) is 30.3 Å². The fraction of sp³-hybridized carbons (Fsp3) is 0.143. The van der Waals surface area contributed by atoms with Crippen LogP contribution in [0.3, 0.4) is 0 Å². The van der Waals surface area contributed by atoms with Gasteiger partial charge >= 0.3 is 5.97 Å². The first kappa shape index (κ1) is 11.3. The van der Waals surface area contributed by atoms with Gasteiger partial charge in [-0.05, 0) is 17.5 Å². The van der Waals surface area contributed by atoms with Crippen LogP contribution in [0.25, 0.3) is 10.8 Å². The lowest BCUT2D eigenvalue weighted by Crippen LogP contribution is -2.07. The maximum absolute atomic E-state index is 11.0. The molecule has 0 amide bonds. The summed E-state index contributed by atoms with van der Waals surface area (Å²) >= 11 is 0. The van der Waals surface area contributed by atoms with Crippen molar-refractivity contribution in [3.05, 3.63) is 54.9 Å². The van der Waals surface area contributed by atoms with Crippen molar-refractivity contribution in [3.63, 3.8) is 0 Å². The van der Waals surface area contributed by atoms with Crippen molar-refractivity contribution >= 4 is 16.7 Å². The van der Waals surface area contributed by atoms with Crippen LogP contribution in [-0.2, 0) is 9.53 Å². The minimum atomic E-state index is -0.489. The van der Waals surface area contributed by atoms with Crippen LogP contribution in [0.2, 0.25) is 0 Å². The zero-order valence-electron chi connectivity index (χ0n) is 9.59. The van der Waals surface area contributed by atoms with Gasteiger partial charge in [-0.1, -0.05) is 30.8 Å². The first-order valence-electron chi connectivity index (χ1n) is 5.35. The molecule has 0 fully saturated rings. The maximum Gasteiger partial charge on any atom is 0.303 e. The third-order valence-corrected chi connectivity index (χ3v) is 2.45. The van der Waals surface area contributed by atoms with Crippen molar-refractivity contribution in [2.75, 3.05) is 0 Å². The Labute approximate surface area is 99.7 Å². The molecule has 0 aliphatic carbocycles. The first-order valence-corrected chi connectivity index (χ1v) is 5.35. The SMILES string of the molecule is C=C[C@@H](OC(C)=O)c1cc2ccccc2cn1. The summed E-state index contributed by atoms with van der Waals surface area (Å²) < 4.78 is 5.11. The van der Waals surface area contributed by atoms with Gasteiger partial charge in [0, 0.05) is 18.5 Å². The molecule has 1 aromatic heterocycles. The third-order valence-electron chi connectivity index (χ3n) is 2.45. The molecule has 3 heteroatoms. The highest BCUT2D eigenvalue weighted by Gasteiger charge is 2.12. The Morgan fingerprint density at radius 3 is 2.76 bits per heavy atom. The molecule has 2 rings (SSSR count). The molecule has 0 saturated carbocycles. The number of fused-ring (bicyclic) bond motifs is 1. The van der Waals surface area contributed by atoms with Crippen LogP contribution in [0.1, 0.15) is 18.7 Å². The summed E-state index contributed by atoms with van der Waals surface area (Å²) in [6.45, 7) is 5.03. The highest BCUT2D eigenvalue weighted by atomic mass is 16.5. The monoisotopic (exact) mass is 227 g/mol. The minimum Gasteiger partial charge on any atom is -0.452 e. The molecular weight excluding hydrogens is 214 g/mol. The van der Waals surface area contributed by atoms with E-state index in [1.54, 1.807) is 12.3 Å². The Kier molecular flexibility index (Phi) is 3.19. The summed E-state index contributed by atoms with van der Waals surface area (Å²) in [5.74, 6) is -0.343. The number of carbonyl (C=O) groups excluding carboxylic acids is 1. The van der Waals surface area contributed by atoms with Gasteiger partial charge in [-0.15, -0.1) is 0 Å². The van der Waals surface area contributed by atoms with Crippen molar-refractivity contribution in [2.24, 2.45) is 0 Å². The quantitative estimate of drug-likeness (QED) is 0.597. The standard InChI is InChI=1S/C14H13NO2/c1-3-14(17-10(2)16)13-8-11-6-4-5-7-12(11)9-15-13/h3-9,14H,1H2,2H3/t14-/m1/s1.